The lowest BCUT2D eigenvalue weighted by atomic mass is 10.0. The van der Waals surface area contributed by atoms with Crippen molar-refractivity contribution in [2.75, 3.05) is 6.61 Å². The van der Waals surface area contributed by atoms with Crippen molar-refractivity contribution >= 4 is 61.8 Å². The molecule has 3 aromatic carbocycles. The third-order valence-corrected chi connectivity index (χ3v) is 5.92. The van der Waals surface area contributed by atoms with Gasteiger partial charge in [-0.05, 0) is 36.4 Å². The van der Waals surface area contributed by atoms with E-state index in [4.69, 9.17) is 27.9 Å². The zero-order valence-corrected chi connectivity index (χ0v) is 19.0. The van der Waals surface area contributed by atoms with Crippen molar-refractivity contribution in [2.24, 2.45) is 0 Å². The number of Topliss-reactive ketones (excluding diaryl/α,β-unsaturated/α-hetero) is 1. The molecule has 154 valence electrons. The molecule has 0 atom stereocenters. The number of nitrogens with zero attached hydrogens (tertiary/aromatic N) is 1. The van der Waals surface area contributed by atoms with Crippen molar-refractivity contribution in [3.63, 3.8) is 0 Å². The number of hydrogen-bond donors (Lipinski definition) is 0. The van der Waals surface area contributed by atoms with Crippen LogP contribution in [-0.2, 0) is 4.74 Å². The van der Waals surface area contributed by atoms with Crippen molar-refractivity contribution < 1.29 is 14.3 Å². The van der Waals surface area contributed by atoms with E-state index in [2.05, 4.69) is 20.9 Å². The number of ketones is 1. The zero-order valence-electron chi connectivity index (χ0n) is 15.9. The molecule has 0 N–H and O–H groups in total. The first-order valence-corrected chi connectivity index (χ1v) is 10.8. The van der Waals surface area contributed by atoms with E-state index in [1.807, 2.05) is 12.1 Å². The normalized spacial score (nSPS) is 10.8. The van der Waals surface area contributed by atoms with Crippen LogP contribution in [0.1, 0.15) is 20.7 Å². The maximum atomic E-state index is 12.9. The van der Waals surface area contributed by atoms with Crippen LogP contribution in [0.5, 0.6) is 0 Å². The van der Waals surface area contributed by atoms with Gasteiger partial charge in [-0.15, -0.1) is 0 Å². The van der Waals surface area contributed by atoms with Gasteiger partial charge >= 0.3 is 5.97 Å². The van der Waals surface area contributed by atoms with E-state index in [0.29, 0.717) is 43.3 Å². The Morgan fingerprint density at radius 1 is 0.903 bits per heavy atom. The SMILES string of the molecule is O=C(COC(=O)c1cc(-c2ccc(Cl)c(Cl)c2)nc2ccccc12)c1ccc(Br)cc1. The maximum absolute atomic E-state index is 12.9. The Kier molecular flexibility index (Phi) is 6.37. The van der Waals surface area contributed by atoms with Crippen LogP contribution in [0.15, 0.2) is 77.3 Å². The molecule has 0 aliphatic heterocycles. The van der Waals surface area contributed by atoms with Gasteiger partial charge in [-0.25, -0.2) is 9.78 Å². The lowest BCUT2D eigenvalue weighted by molar-refractivity contribution is 0.0476. The van der Waals surface area contributed by atoms with E-state index in [1.54, 1.807) is 60.7 Å². The molecule has 7 heteroatoms. The summed E-state index contributed by atoms with van der Waals surface area (Å²) in [6, 6.07) is 20.9. The fraction of sp³-hybridized carbons (Fsp3) is 0.0417. The van der Waals surface area contributed by atoms with Gasteiger partial charge in [0, 0.05) is 21.0 Å². The highest BCUT2D eigenvalue weighted by Crippen LogP contribution is 2.30. The van der Waals surface area contributed by atoms with Crippen molar-refractivity contribution in [1.82, 2.24) is 4.98 Å². The second-order valence-corrected chi connectivity index (χ2v) is 8.44. The van der Waals surface area contributed by atoms with Gasteiger partial charge in [0.2, 0.25) is 0 Å². The number of benzene rings is 3. The second-order valence-electron chi connectivity index (χ2n) is 6.71. The molecule has 0 bridgehead atoms. The van der Waals surface area contributed by atoms with E-state index in [0.717, 1.165) is 4.47 Å². The van der Waals surface area contributed by atoms with Crippen molar-refractivity contribution in [3.05, 3.63) is 98.4 Å². The Balaban J connectivity index is 1.65. The number of carbonyl (C=O) groups excluding carboxylic acids is 2. The monoisotopic (exact) mass is 513 g/mol. The molecule has 0 unspecified atom stereocenters. The maximum Gasteiger partial charge on any atom is 0.339 e. The summed E-state index contributed by atoms with van der Waals surface area (Å²) >= 11 is 15.5. The summed E-state index contributed by atoms with van der Waals surface area (Å²) in [4.78, 5) is 29.9. The summed E-state index contributed by atoms with van der Waals surface area (Å²) in [5, 5.41) is 1.45. The molecule has 0 spiro atoms. The smallest absolute Gasteiger partial charge is 0.339 e. The number of pyridine rings is 1. The summed E-state index contributed by atoms with van der Waals surface area (Å²) < 4.78 is 6.20. The Labute approximate surface area is 196 Å². The molecular weight excluding hydrogens is 501 g/mol. The van der Waals surface area contributed by atoms with Gasteiger partial charge in [0.25, 0.3) is 0 Å². The van der Waals surface area contributed by atoms with Gasteiger partial charge in [-0.2, -0.15) is 0 Å². The molecule has 0 saturated carbocycles. The molecule has 0 radical (unpaired) electrons. The average molecular weight is 515 g/mol. The predicted molar refractivity (Wildman–Crippen MR) is 126 cm³/mol. The number of carbonyl (C=O) groups is 2. The number of ether oxygens (including phenoxy) is 1. The minimum absolute atomic E-state index is 0.288. The first-order valence-electron chi connectivity index (χ1n) is 9.23. The van der Waals surface area contributed by atoms with Crippen LogP contribution >= 0.6 is 39.1 Å². The molecular formula is C24H14BrCl2NO3. The fourth-order valence-electron chi connectivity index (χ4n) is 3.08. The Hall–Kier alpha value is -2.73. The Morgan fingerprint density at radius 2 is 1.65 bits per heavy atom. The Morgan fingerprint density at radius 3 is 2.39 bits per heavy atom. The Bertz CT molecular complexity index is 1310. The summed E-state index contributed by atoms with van der Waals surface area (Å²) in [7, 11) is 0. The number of aromatic nitrogens is 1. The van der Waals surface area contributed by atoms with E-state index in [-0.39, 0.29) is 12.4 Å². The molecule has 1 aromatic heterocycles. The van der Waals surface area contributed by atoms with Crippen LogP contribution in [0, 0.1) is 0 Å². The van der Waals surface area contributed by atoms with Gasteiger partial charge in [-0.1, -0.05) is 75.5 Å². The third-order valence-electron chi connectivity index (χ3n) is 4.65. The van der Waals surface area contributed by atoms with Crippen molar-refractivity contribution in [3.8, 4) is 11.3 Å². The van der Waals surface area contributed by atoms with Gasteiger partial charge < -0.3 is 4.74 Å². The standard InChI is InChI=1S/C24H14BrCl2NO3/c25-16-8-5-14(6-9-16)23(29)13-31-24(30)18-12-22(15-7-10-19(26)20(27)11-15)28-21-4-2-1-3-17(18)21/h1-12H,13H2. The van der Waals surface area contributed by atoms with Crippen LogP contribution < -0.4 is 0 Å². The summed E-state index contributed by atoms with van der Waals surface area (Å²) in [6.45, 7) is -0.362. The predicted octanol–water partition coefficient (Wildman–Crippen LogP) is 7.01. The summed E-state index contributed by atoms with van der Waals surface area (Å²) in [6.07, 6.45) is 0. The highest BCUT2D eigenvalue weighted by atomic mass is 79.9. The zero-order chi connectivity index (χ0) is 22.0. The number of fused-ring (bicyclic) bond motifs is 1. The van der Waals surface area contributed by atoms with Crippen LogP contribution in [0.4, 0.5) is 0 Å². The minimum Gasteiger partial charge on any atom is -0.454 e. The summed E-state index contributed by atoms with van der Waals surface area (Å²) in [5.74, 6) is -0.894. The van der Waals surface area contributed by atoms with E-state index in [9.17, 15) is 9.59 Å². The van der Waals surface area contributed by atoms with Crippen LogP contribution in [0.25, 0.3) is 22.2 Å². The molecule has 4 aromatic rings. The molecule has 31 heavy (non-hydrogen) atoms. The molecule has 4 rings (SSSR count). The van der Waals surface area contributed by atoms with Gasteiger partial charge in [0.15, 0.2) is 12.4 Å². The first-order chi connectivity index (χ1) is 14.9. The number of para-hydroxylation sites is 1. The second kappa shape index (κ2) is 9.18. The number of hydrogen-bond acceptors (Lipinski definition) is 4. The largest absolute Gasteiger partial charge is 0.454 e. The fourth-order valence-corrected chi connectivity index (χ4v) is 3.64. The number of halogens is 3. The van der Waals surface area contributed by atoms with Crippen molar-refractivity contribution in [2.45, 2.75) is 0 Å². The van der Waals surface area contributed by atoms with Crippen LogP contribution in [-0.4, -0.2) is 23.3 Å². The molecule has 0 fully saturated rings. The van der Waals surface area contributed by atoms with E-state index < -0.39 is 5.97 Å². The van der Waals surface area contributed by atoms with Crippen molar-refractivity contribution in [1.29, 1.82) is 0 Å². The minimum atomic E-state index is -0.606. The third kappa shape index (κ3) is 4.79. The van der Waals surface area contributed by atoms with E-state index in [1.165, 1.54) is 0 Å². The highest BCUT2D eigenvalue weighted by molar-refractivity contribution is 9.10. The van der Waals surface area contributed by atoms with Gasteiger partial charge in [0.05, 0.1) is 26.8 Å². The molecule has 0 aliphatic carbocycles. The molecule has 4 nitrogen and oxygen atoms in total. The number of rotatable bonds is 5. The molecule has 1 heterocycles. The molecule has 0 saturated heterocycles. The number of esters is 1. The lowest BCUT2D eigenvalue weighted by Crippen LogP contribution is -2.15. The average Bonchev–Trinajstić information content (AvgIpc) is 2.78. The quantitative estimate of drug-likeness (QED) is 0.212. The van der Waals surface area contributed by atoms with Gasteiger partial charge in [0.1, 0.15) is 0 Å². The first kappa shape index (κ1) is 21.5. The van der Waals surface area contributed by atoms with Gasteiger partial charge in [-0.3, -0.25) is 4.79 Å². The topological polar surface area (TPSA) is 56.3 Å². The van der Waals surface area contributed by atoms with Crippen LogP contribution in [0.2, 0.25) is 10.0 Å². The lowest BCUT2D eigenvalue weighted by Gasteiger charge is -2.10. The molecule has 0 amide bonds. The molecule has 0 aliphatic rings. The summed E-state index contributed by atoms with van der Waals surface area (Å²) in [5.41, 5.74) is 2.66. The highest BCUT2D eigenvalue weighted by Gasteiger charge is 2.17. The van der Waals surface area contributed by atoms with Crippen LogP contribution in [0.3, 0.4) is 0 Å². The van der Waals surface area contributed by atoms with E-state index >= 15 is 0 Å².